The molecule has 4 aromatic heterocycles. The van der Waals surface area contributed by atoms with Crippen molar-refractivity contribution < 1.29 is 9.13 Å². The van der Waals surface area contributed by atoms with Gasteiger partial charge < -0.3 is 20.7 Å². The van der Waals surface area contributed by atoms with Crippen molar-refractivity contribution >= 4 is 27.8 Å². The number of nitrogens with two attached hydrogens (primary N) is 1. The van der Waals surface area contributed by atoms with Crippen molar-refractivity contribution in [2.24, 2.45) is 25.7 Å². The third-order valence-corrected chi connectivity index (χ3v) is 11.5. The summed E-state index contributed by atoms with van der Waals surface area (Å²) in [5.41, 5.74) is 15.4. The van der Waals surface area contributed by atoms with E-state index in [4.69, 9.17) is 21.0 Å². The maximum atomic E-state index is 14.4. The Morgan fingerprint density at radius 3 is 2.33 bits per heavy atom. The number of halogens is 1. The number of nitrogens with one attached hydrogen (secondary N) is 1. The summed E-state index contributed by atoms with van der Waals surface area (Å²) in [7, 11) is 3.74. The van der Waals surface area contributed by atoms with Crippen molar-refractivity contribution in [3.63, 3.8) is 0 Å². The molecule has 2 aliphatic heterocycles. The lowest BCUT2D eigenvalue weighted by Gasteiger charge is -2.31. The number of ether oxygens (including phenoxy) is 1. The van der Waals surface area contributed by atoms with Crippen LogP contribution in [0.2, 0.25) is 0 Å². The summed E-state index contributed by atoms with van der Waals surface area (Å²) in [4.78, 5) is 11.6. The zero-order chi connectivity index (χ0) is 43.5. The van der Waals surface area contributed by atoms with Crippen LogP contribution in [0.15, 0.2) is 97.3 Å². The van der Waals surface area contributed by atoms with Crippen molar-refractivity contribution in [3.8, 4) is 62.9 Å². The lowest BCUT2D eigenvalue weighted by molar-refractivity contribution is 0.250. The second kappa shape index (κ2) is 17.7. The smallest absolute Gasteiger partial charge is 0.232 e. The normalized spacial score (nSPS) is 15.2. The quantitative estimate of drug-likeness (QED) is 0.166. The van der Waals surface area contributed by atoms with Crippen LogP contribution in [0.4, 0.5) is 10.2 Å². The summed E-state index contributed by atoms with van der Waals surface area (Å²) >= 11 is 0. The largest absolute Gasteiger partial charge is 0.476 e. The second-order valence-electron chi connectivity index (χ2n) is 15.9. The molecule has 0 bridgehead atoms. The average molecular weight is 839 g/mol. The zero-order valence-electron chi connectivity index (χ0n) is 34.8. The standard InChI is InChI=1S/C24H21FN6O.C23H22N8/c1-31-13-19-8-16(4-5-21(19)30-31)23-24(17-2-3-18(10-26)20(25)9-17)29-22(12-28-23)32-14-15-6-7-27-11-15;1-30-21-7-6-17(12-20(21)26-29-30)23-19(16-4-2-15(14-24)3-5-16)13-22(27-28-23)31-10-8-18(25)9-11-31/h2-5,8-9,12-13,15,27H,6-7,11,14H2,1H3;2-7,12-13,18H,8-11,25H2,1H3. The molecule has 1 unspecified atom stereocenters. The highest BCUT2D eigenvalue weighted by molar-refractivity contribution is 5.88. The molecule has 0 amide bonds. The molecule has 6 heterocycles. The van der Waals surface area contributed by atoms with Crippen LogP contribution in [0.25, 0.3) is 66.8 Å². The molecule has 0 saturated carbocycles. The highest BCUT2D eigenvalue weighted by atomic mass is 19.1. The van der Waals surface area contributed by atoms with E-state index < -0.39 is 5.82 Å². The first-order valence-electron chi connectivity index (χ1n) is 20.8. The van der Waals surface area contributed by atoms with Gasteiger partial charge in [-0.05, 0) is 86.0 Å². The summed E-state index contributed by atoms with van der Waals surface area (Å²) in [5.74, 6) is 1.07. The number of rotatable bonds is 8. The van der Waals surface area contributed by atoms with Crippen LogP contribution in [0.1, 0.15) is 30.4 Å². The molecule has 2 saturated heterocycles. The Morgan fingerprint density at radius 1 is 0.810 bits per heavy atom. The van der Waals surface area contributed by atoms with E-state index in [2.05, 4.69) is 57.9 Å². The van der Waals surface area contributed by atoms with Gasteiger partial charge in [0.05, 0.1) is 46.7 Å². The minimum atomic E-state index is -0.594. The molecule has 2 fully saturated rings. The van der Waals surface area contributed by atoms with Gasteiger partial charge in [0.25, 0.3) is 0 Å². The molecule has 0 spiro atoms. The lowest BCUT2D eigenvalue weighted by atomic mass is 9.98. The Hall–Kier alpha value is -7.66. The van der Waals surface area contributed by atoms with E-state index in [0.29, 0.717) is 40.9 Å². The fraction of sp³-hybridized carbons (Fsp3) is 0.255. The number of nitriles is 2. The van der Waals surface area contributed by atoms with E-state index in [-0.39, 0.29) is 11.6 Å². The van der Waals surface area contributed by atoms with Gasteiger partial charge >= 0.3 is 0 Å². The summed E-state index contributed by atoms with van der Waals surface area (Å²) in [6.45, 7) is 4.19. The van der Waals surface area contributed by atoms with Crippen LogP contribution >= 0.6 is 0 Å². The number of aromatic nitrogens is 9. The predicted molar refractivity (Wildman–Crippen MR) is 237 cm³/mol. The third-order valence-electron chi connectivity index (χ3n) is 11.5. The average Bonchev–Trinajstić information content (AvgIpc) is 4.08. The van der Waals surface area contributed by atoms with Crippen LogP contribution < -0.4 is 20.7 Å². The predicted octanol–water partition coefficient (Wildman–Crippen LogP) is 6.59. The van der Waals surface area contributed by atoms with Crippen molar-refractivity contribution in [1.29, 1.82) is 10.5 Å². The molecule has 8 aromatic rings. The Kier molecular flexibility index (Phi) is 11.5. The minimum Gasteiger partial charge on any atom is -0.476 e. The van der Waals surface area contributed by atoms with Gasteiger partial charge in [-0.2, -0.15) is 15.6 Å². The SMILES string of the molecule is Cn1cc2cc(-c3ncc(OCC4CCNC4)nc3-c3ccc(C#N)c(F)c3)ccc2n1.Cn1nnc2cc(-c3nnc(N4CCC(N)CC4)cc3-c3ccc(C#N)cc3)ccc21. The minimum absolute atomic E-state index is 0.0128. The monoisotopic (exact) mass is 838 g/mol. The molecule has 2 aliphatic rings. The molecule has 15 nitrogen and oxygen atoms in total. The number of hydrogen-bond acceptors (Lipinski definition) is 13. The van der Waals surface area contributed by atoms with Crippen molar-refractivity contribution in [2.75, 3.05) is 37.7 Å². The van der Waals surface area contributed by atoms with Crippen LogP contribution in [-0.4, -0.2) is 83.8 Å². The Morgan fingerprint density at radius 2 is 1.57 bits per heavy atom. The maximum Gasteiger partial charge on any atom is 0.232 e. The first-order chi connectivity index (χ1) is 30.7. The van der Waals surface area contributed by atoms with Gasteiger partial charge in [-0.1, -0.05) is 35.5 Å². The topological polar surface area (TPSA) is 198 Å². The molecular formula is C47H43FN14O. The Balaban J connectivity index is 0.000000160. The molecule has 0 radical (unpaired) electrons. The van der Waals surface area contributed by atoms with E-state index in [1.54, 1.807) is 21.6 Å². The van der Waals surface area contributed by atoms with E-state index in [1.165, 1.54) is 12.1 Å². The van der Waals surface area contributed by atoms with Gasteiger partial charge in [0, 0.05) is 79.5 Å². The fourth-order valence-corrected chi connectivity index (χ4v) is 7.97. The van der Waals surface area contributed by atoms with Crippen molar-refractivity contribution in [2.45, 2.75) is 25.3 Å². The van der Waals surface area contributed by atoms with Crippen LogP contribution in [-0.2, 0) is 14.1 Å². The van der Waals surface area contributed by atoms with Crippen LogP contribution in [0.5, 0.6) is 5.88 Å². The molecule has 3 N–H and O–H groups in total. The number of nitrogens with zero attached hydrogens (tertiary/aromatic N) is 12. The summed E-state index contributed by atoms with van der Waals surface area (Å²) in [6, 6.07) is 30.2. The van der Waals surface area contributed by atoms with E-state index in [0.717, 1.165) is 101 Å². The molecule has 10 rings (SSSR count). The van der Waals surface area contributed by atoms with Crippen LogP contribution in [0.3, 0.4) is 0 Å². The highest BCUT2D eigenvalue weighted by Crippen LogP contribution is 2.35. The number of anilines is 1. The molecule has 1 atom stereocenters. The van der Waals surface area contributed by atoms with Crippen LogP contribution in [0, 0.1) is 34.4 Å². The number of benzene rings is 4. The van der Waals surface area contributed by atoms with Gasteiger partial charge in [0.15, 0.2) is 5.82 Å². The number of hydrogen-bond donors (Lipinski definition) is 2. The Labute approximate surface area is 362 Å². The van der Waals surface area contributed by atoms with Gasteiger partial charge in [-0.3, -0.25) is 4.68 Å². The summed E-state index contributed by atoms with van der Waals surface area (Å²) < 4.78 is 23.8. The summed E-state index contributed by atoms with van der Waals surface area (Å²) in [5, 5.41) is 44.5. The summed E-state index contributed by atoms with van der Waals surface area (Å²) in [6.07, 6.45) is 6.48. The molecule has 0 aliphatic carbocycles. The Bertz CT molecular complexity index is 3030. The van der Waals surface area contributed by atoms with Gasteiger partial charge in [0.1, 0.15) is 28.8 Å². The fourth-order valence-electron chi connectivity index (χ4n) is 7.97. The molecular weight excluding hydrogens is 796 g/mol. The van der Waals surface area contributed by atoms with Crippen molar-refractivity contribution in [3.05, 3.63) is 114 Å². The van der Waals surface area contributed by atoms with Gasteiger partial charge in [0.2, 0.25) is 5.88 Å². The first kappa shape index (κ1) is 40.7. The van der Waals surface area contributed by atoms with Gasteiger partial charge in [-0.15, -0.1) is 15.3 Å². The van der Waals surface area contributed by atoms with E-state index >= 15 is 0 Å². The maximum absolute atomic E-state index is 14.4. The molecule has 4 aromatic carbocycles. The zero-order valence-corrected chi connectivity index (χ0v) is 34.8. The van der Waals surface area contributed by atoms with Crippen molar-refractivity contribution in [1.82, 2.24) is 50.3 Å². The van der Waals surface area contributed by atoms with E-state index in [1.807, 2.05) is 87.0 Å². The number of piperidine rings is 1. The molecule has 16 heteroatoms. The second-order valence-corrected chi connectivity index (χ2v) is 15.9. The molecule has 314 valence electrons. The van der Waals surface area contributed by atoms with E-state index in [9.17, 15) is 4.39 Å². The highest BCUT2D eigenvalue weighted by Gasteiger charge is 2.22. The number of aryl methyl sites for hydroxylation is 2. The lowest BCUT2D eigenvalue weighted by Crippen LogP contribution is -2.40. The first-order valence-corrected chi connectivity index (χ1v) is 20.8. The molecule has 63 heavy (non-hydrogen) atoms. The third kappa shape index (κ3) is 8.76. The van der Waals surface area contributed by atoms with Gasteiger partial charge in [-0.25, -0.2) is 19.0 Å². The number of fused-ring (bicyclic) bond motifs is 2.